The zero-order valence-electron chi connectivity index (χ0n) is 10.6. The van der Waals surface area contributed by atoms with Crippen molar-refractivity contribution in [1.29, 1.82) is 0 Å². The van der Waals surface area contributed by atoms with Crippen molar-refractivity contribution in [3.63, 3.8) is 0 Å². The van der Waals surface area contributed by atoms with Crippen molar-refractivity contribution in [3.05, 3.63) is 28.7 Å². The highest BCUT2D eigenvalue weighted by Gasteiger charge is 2.27. The first-order valence-corrected chi connectivity index (χ1v) is 7.73. The number of hydrogen-bond donors (Lipinski definition) is 2. The maximum Gasteiger partial charge on any atom is 0.244 e. The van der Waals surface area contributed by atoms with Gasteiger partial charge in [-0.2, -0.15) is 4.31 Å². The minimum atomic E-state index is -3.63. The predicted octanol–water partition coefficient (Wildman–Crippen LogP) is 1.59. The van der Waals surface area contributed by atoms with Crippen LogP contribution in [-0.4, -0.2) is 36.9 Å². The fourth-order valence-electron chi connectivity index (χ4n) is 1.52. The van der Waals surface area contributed by atoms with E-state index in [4.69, 9.17) is 10.9 Å². The summed E-state index contributed by atoms with van der Waals surface area (Å²) < 4.78 is 26.5. The maximum atomic E-state index is 12.4. The third kappa shape index (κ3) is 3.68. The average molecular weight is 350 g/mol. The van der Waals surface area contributed by atoms with Crippen LogP contribution < -0.4 is 5.73 Å². The lowest BCUT2D eigenvalue weighted by atomic mass is 10.2. The third-order valence-electron chi connectivity index (χ3n) is 2.75. The summed E-state index contributed by atoms with van der Waals surface area (Å²) in [4.78, 5) is 0.184. The van der Waals surface area contributed by atoms with E-state index in [1.54, 1.807) is 25.1 Å². The van der Waals surface area contributed by atoms with Gasteiger partial charge in [-0.3, -0.25) is 0 Å². The molecule has 19 heavy (non-hydrogen) atoms. The van der Waals surface area contributed by atoms with Gasteiger partial charge >= 0.3 is 0 Å². The lowest BCUT2D eigenvalue weighted by molar-refractivity contribution is 0.313. The molecule has 0 amide bonds. The van der Waals surface area contributed by atoms with E-state index in [0.29, 0.717) is 4.47 Å². The van der Waals surface area contributed by atoms with Crippen LogP contribution in [0.3, 0.4) is 0 Å². The van der Waals surface area contributed by atoms with Crippen molar-refractivity contribution in [2.24, 2.45) is 10.9 Å². The lowest BCUT2D eigenvalue weighted by Gasteiger charge is -2.24. The largest absolute Gasteiger partial charge is 0.409 e. The van der Waals surface area contributed by atoms with Crippen LogP contribution in [0.5, 0.6) is 0 Å². The number of nitrogens with two attached hydrogens (primary N) is 1. The van der Waals surface area contributed by atoms with Crippen LogP contribution in [0, 0.1) is 0 Å². The van der Waals surface area contributed by atoms with Gasteiger partial charge in [0, 0.05) is 24.0 Å². The van der Waals surface area contributed by atoms with E-state index in [1.165, 1.54) is 17.4 Å². The van der Waals surface area contributed by atoms with Gasteiger partial charge < -0.3 is 10.9 Å². The summed E-state index contributed by atoms with van der Waals surface area (Å²) >= 11 is 3.22. The minimum Gasteiger partial charge on any atom is -0.409 e. The topological polar surface area (TPSA) is 96.0 Å². The molecular formula is C11H16BrN3O3S. The molecule has 1 rings (SSSR count). The van der Waals surface area contributed by atoms with E-state index in [0.717, 1.165) is 0 Å². The summed E-state index contributed by atoms with van der Waals surface area (Å²) in [7, 11) is -2.17. The van der Waals surface area contributed by atoms with Gasteiger partial charge in [0.25, 0.3) is 0 Å². The molecule has 1 aromatic carbocycles. The predicted molar refractivity (Wildman–Crippen MR) is 76.6 cm³/mol. The van der Waals surface area contributed by atoms with Gasteiger partial charge in [-0.05, 0) is 35.0 Å². The molecule has 0 aliphatic rings. The number of sulfonamides is 1. The highest BCUT2D eigenvalue weighted by atomic mass is 79.9. The molecule has 1 unspecified atom stereocenters. The molecular weight excluding hydrogens is 334 g/mol. The highest BCUT2D eigenvalue weighted by Crippen LogP contribution is 2.25. The number of rotatable bonds is 5. The molecule has 106 valence electrons. The Morgan fingerprint density at radius 3 is 2.63 bits per heavy atom. The third-order valence-corrected chi connectivity index (χ3v) is 5.73. The second kappa shape index (κ2) is 6.36. The zero-order valence-corrected chi connectivity index (χ0v) is 13.0. The molecule has 0 saturated carbocycles. The summed E-state index contributed by atoms with van der Waals surface area (Å²) in [6.45, 7) is 1.69. The second-order valence-corrected chi connectivity index (χ2v) is 6.92. The Kier molecular flexibility index (Phi) is 5.33. The maximum absolute atomic E-state index is 12.4. The Bertz CT molecular complexity index is 574. The van der Waals surface area contributed by atoms with Crippen molar-refractivity contribution in [1.82, 2.24) is 4.31 Å². The Morgan fingerprint density at radius 1 is 1.53 bits per heavy atom. The summed E-state index contributed by atoms with van der Waals surface area (Å²) in [5.41, 5.74) is 5.39. The molecule has 0 aromatic heterocycles. The SMILES string of the molecule is CC(CC(N)=NO)N(C)S(=O)(=O)c1ccccc1Br. The van der Waals surface area contributed by atoms with Crippen LogP contribution in [-0.2, 0) is 10.0 Å². The highest BCUT2D eigenvalue weighted by molar-refractivity contribution is 9.10. The number of hydrogen-bond acceptors (Lipinski definition) is 4. The normalized spacial score (nSPS) is 14.6. The average Bonchev–Trinajstić information content (AvgIpc) is 2.37. The first kappa shape index (κ1) is 15.9. The minimum absolute atomic E-state index is 0.0123. The van der Waals surface area contributed by atoms with Crippen molar-refractivity contribution < 1.29 is 13.6 Å². The fraction of sp³-hybridized carbons (Fsp3) is 0.364. The van der Waals surface area contributed by atoms with Crippen molar-refractivity contribution >= 4 is 31.8 Å². The van der Waals surface area contributed by atoms with Crippen LogP contribution in [0.25, 0.3) is 0 Å². The molecule has 0 saturated heterocycles. The van der Waals surface area contributed by atoms with Gasteiger partial charge in [0.2, 0.25) is 10.0 Å². The number of oxime groups is 1. The molecule has 0 aliphatic heterocycles. The number of amidine groups is 1. The van der Waals surface area contributed by atoms with Gasteiger partial charge in [-0.1, -0.05) is 17.3 Å². The van der Waals surface area contributed by atoms with Gasteiger partial charge in [0.1, 0.15) is 5.84 Å². The number of benzene rings is 1. The van der Waals surface area contributed by atoms with Gasteiger partial charge in [0.05, 0.1) is 4.90 Å². The van der Waals surface area contributed by atoms with Crippen LogP contribution in [0.4, 0.5) is 0 Å². The molecule has 0 bridgehead atoms. The van der Waals surface area contributed by atoms with Crippen LogP contribution in [0.1, 0.15) is 13.3 Å². The smallest absolute Gasteiger partial charge is 0.244 e. The molecule has 0 aliphatic carbocycles. The number of halogens is 1. The van der Waals surface area contributed by atoms with E-state index in [9.17, 15) is 8.42 Å². The molecule has 0 heterocycles. The monoisotopic (exact) mass is 349 g/mol. The summed E-state index contributed by atoms with van der Waals surface area (Å²) in [6, 6.07) is 6.15. The summed E-state index contributed by atoms with van der Waals surface area (Å²) in [5.74, 6) is -0.0123. The van der Waals surface area contributed by atoms with Crippen molar-refractivity contribution in [2.75, 3.05) is 7.05 Å². The number of nitrogens with zero attached hydrogens (tertiary/aromatic N) is 2. The molecule has 3 N–H and O–H groups in total. The van der Waals surface area contributed by atoms with E-state index >= 15 is 0 Å². The van der Waals surface area contributed by atoms with Gasteiger partial charge in [-0.25, -0.2) is 8.42 Å². The molecule has 8 heteroatoms. The fourth-order valence-corrected chi connectivity index (χ4v) is 3.84. The summed E-state index contributed by atoms with van der Waals surface area (Å²) in [6.07, 6.45) is 0.149. The second-order valence-electron chi connectivity index (χ2n) is 4.10. The first-order valence-electron chi connectivity index (χ1n) is 5.49. The molecule has 0 radical (unpaired) electrons. The molecule has 1 atom stereocenters. The van der Waals surface area contributed by atoms with E-state index in [-0.39, 0.29) is 17.2 Å². The molecule has 6 nitrogen and oxygen atoms in total. The van der Waals surface area contributed by atoms with Crippen LogP contribution in [0.2, 0.25) is 0 Å². The zero-order chi connectivity index (χ0) is 14.6. The van der Waals surface area contributed by atoms with Crippen molar-refractivity contribution in [2.45, 2.75) is 24.3 Å². The van der Waals surface area contributed by atoms with Crippen LogP contribution in [0.15, 0.2) is 38.8 Å². The Labute approximate surface area is 121 Å². The van der Waals surface area contributed by atoms with E-state index in [2.05, 4.69) is 21.1 Å². The Morgan fingerprint density at radius 2 is 2.11 bits per heavy atom. The quantitative estimate of drug-likeness (QED) is 0.365. The molecule has 0 spiro atoms. The van der Waals surface area contributed by atoms with E-state index in [1.807, 2.05) is 0 Å². The lowest BCUT2D eigenvalue weighted by Crippen LogP contribution is -2.37. The molecule has 1 aromatic rings. The van der Waals surface area contributed by atoms with E-state index < -0.39 is 16.1 Å². The van der Waals surface area contributed by atoms with Gasteiger partial charge in [0.15, 0.2) is 0 Å². The van der Waals surface area contributed by atoms with Gasteiger partial charge in [-0.15, -0.1) is 0 Å². The van der Waals surface area contributed by atoms with Crippen molar-refractivity contribution in [3.8, 4) is 0 Å². The standard InChI is InChI=1S/C11H16BrN3O3S/c1-8(7-11(13)14-16)15(2)19(17,18)10-6-4-3-5-9(10)12/h3-6,8,16H,7H2,1-2H3,(H2,13,14). The molecule has 0 fully saturated rings. The first-order chi connectivity index (χ1) is 8.80. The van der Waals surface area contributed by atoms with Crippen LogP contribution >= 0.6 is 15.9 Å². The Hall–Kier alpha value is -1.12. The summed E-state index contributed by atoms with van der Waals surface area (Å²) in [5, 5.41) is 11.4. The Balaban J connectivity index is 3.04.